The van der Waals surface area contributed by atoms with Crippen LogP contribution in [-0.4, -0.2) is 31.7 Å². The molecule has 138 valence electrons. The fourth-order valence-electron chi connectivity index (χ4n) is 2.25. The molecule has 0 radical (unpaired) electrons. The fraction of sp³-hybridized carbons (Fsp3) is 0.600. The van der Waals surface area contributed by atoms with Gasteiger partial charge in [0, 0.05) is 0 Å². The molecule has 0 aliphatic heterocycles. The Labute approximate surface area is 135 Å². The van der Waals surface area contributed by atoms with Gasteiger partial charge in [0.2, 0.25) is 0 Å². The number of rotatable bonds is 5. The molecule has 1 aromatic carbocycles. The standard InChI is InChI=1S/C15H18F6O3/c1-5-8(2)9-6-10(23-3)12(11(7-9)24-4)13(22,14(16,17)18)15(19,20)21/h6-8,22H,5H2,1-4H3. The van der Waals surface area contributed by atoms with E-state index in [4.69, 9.17) is 9.47 Å². The van der Waals surface area contributed by atoms with Gasteiger partial charge in [-0.15, -0.1) is 0 Å². The predicted octanol–water partition coefficient (Wildman–Crippen LogP) is 4.53. The third kappa shape index (κ3) is 3.26. The fourth-order valence-corrected chi connectivity index (χ4v) is 2.25. The number of alkyl halides is 6. The van der Waals surface area contributed by atoms with Crippen molar-refractivity contribution in [3.05, 3.63) is 23.3 Å². The third-order valence-electron chi connectivity index (χ3n) is 3.89. The second-order valence-electron chi connectivity index (χ2n) is 5.32. The zero-order chi connectivity index (χ0) is 18.9. The van der Waals surface area contributed by atoms with Gasteiger partial charge in [0.25, 0.3) is 5.60 Å². The molecular formula is C15H18F6O3. The topological polar surface area (TPSA) is 38.7 Å². The van der Waals surface area contributed by atoms with Crippen LogP contribution in [0.1, 0.15) is 37.3 Å². The van der Waals surface area contributed by atoms with Crippen molar-refractivity contribution in [3.63, 3.8) is 0 Å². The first kappa shape index (κ1) is 20.4. The molecule has 0 saturated carbocycles. The van der Waals surface area contributed by atoms with Crippen LogP contribution in [0, 0.1) is 0 Å². The highest BCUT2D eigenvalue weighted by Crippen LogP contribution is 2.55. The number of ether oxygens (including phenoxy) is 2. The van der Waals surface area contributed by atoms with E-state index in [9.17, 15) is 31.4 Å². The number of hydrogen-bond donors (Lipinski definition) is 1. The summed E-state index contributed by atoms with van der Waals surface area (Å²) >= 11 is 0. The van der Waals surface area contributed by atoms with Crippen LogP contribution in [-0.2, 0) is 5.60 Å². The molecule has 1 aromatic rings. The number of aliphatic hydroxyl groups is 1. The lowest BCUT2D eigenvalue weighted by atomic mass is 9.87. The molecule has 0 aliphatic rings. The molecule has 1 rings (SSSR count). The van der Waals surface area contributed by atoms with E-state index >= 15 is 0 Å². The van der Waals surface area contributed by atoms with Crippen LogP contribution < -0.4 is 9.47 Å². The maximum Gasteiger partial charge on any atom is 0.430 e. The van der Waals surface area contributed by atoms with Crippen LogP contribution in [0.3, 0.4) is 0 Å². The summed E-state index contributed by atoms with van der Waals surface area (Å²) in [6, 6.07) is 2.10. The van der Waals surface area contributed by atoms with Crippen LogP contribution in [0.25, 0.3) is 0 Å². The van der Waals surface area contributed by atoms with Crippen LogP contribution in [0.15, 0.2) is 12.1 Å². The summed E-state index contributed by atoms with van der Waals surface area (Å²) in [7, 11) is 1.84. The Morgan fingerprint density at radius 3 is 1.58 bits per heavy atom. The summed E-state index contributed by atoms with van der Waals surface area (Å²) < 4.78 is 88.4. The van der Waals surface area contributed by atoms with Gasteiger partial charge in [-0.2, -0.15) is 26.3 Å². The van der Waals surface area contributed by atoms with E-state index in [1.807, 2.05) is 0 Å². The lowest BCUT2D eigenvalue weighted by Crippen LogP contribution is -2.54. The lowest BCUT2D eigenvalue weighted by molar-refractivity contribution is -0.376. The molecule has 0 aliphatic carbocycles. The molecule has 0 saturated heterocycles. The van der Waals surface area contributed by atoms with Crippen molar-refractivity contribution in [2.75, 3.05) is 14.2 Å². The highest BCUT2D eigenvalue weighted by molar-refractivity contribution is 5.53. The van der Waals surface area contributed by atoms with Crippen LogP contribution in [0.5, 0.6) is 11.5 Å². The highest BCUT2D eigenvalue weighted by atomic mass is 19.4. The van der Waals surface area contributed by atoms with Crippen LogP contribution in [0.2, 0.25) is 0 Å². The predicted molar refractivity (Wildman–Crippen MR) is 74.3 cm³/mol. The number of benzene rings is 1. The Morgan fingerprint density at radius 2 is 1.33 bits per heavy atom. The van der Waals surface area contributed by atoms with Crippen LogP contribution >= 0.6 is 0 Å². The van der Waals surface area contributed by atoms with E-state index in [0.717, 1.165) is 26.4 Å². The second-order valence-corrected chi connectivity index (χ2v) is 5.32. The van der Waals surface area contributed by atoms with Gasteiger partial charge >= 0.3 is 12.4 Å². The zero-order valence-corrected chi connectivity index (χ0v) is 13.5. The van der Waals surface area contributed by atoms with Gasteiger partial charge in [-0.25, -0.2) is 0 Å². The Bertz CT molecular complexity index is 541. The maximum atomic E-state index is 13.2. The molecule has 0 fully saturated rings. The molecule has 9 heteroatoms. The number of halogens is 6. The average molecular weight is 360 g/mol. The summed E-state index contributed by atoms with van der Waals surface area (Å²) in [4.78, 5) is 0. The molecule has 3 nitrogen and oxygen atoms in total. The largest absolute Gasteiger partial charge is 0.496 e. The first-order chi connectivity index (χ1) is 10.8. The summed E-state index contributed by atoms with van der Waals surface area (Å²) in [6.07, 6.45) is -11.5. The minimum atomic E-state index is -6.02. The van der Waals surface area contributed by atoms with Crippen molar-refractivity contribution in [3.8, 4) is 11.5 Å². The summed E-state index contributed by atoms with van der Waals surface area (Å²) in [5.74, 6) is -1.66. The first-order valence-corrected chi connectivity index (χ1v) is 6.97. The second kappa shape index (κ2) is 6.70. The van der Waals surface area contributed by atoms with Gasteiger partial charge in [0.05, 0.1) is 19.8 Å². The van der Waals surface area contributed by atoms with Crippen molar-refractivity contribution in [1.82, 2.24) is 0 Å². The molecule has 0 heterocycles. The number of methoxy groups -OCH3 is 2. The van der Waals surface area contributed by atoms with Crippen molar-refractivity contribution < 1.29 is 40.9 Å². The summed E-state index contributed by atoms with van der Waals surface area (Å²) in [5, 5.41) is 9.66. The van der Waals surface area contributed by atoms with Gasteiger partial charge in [-0.05, 0) is 30.0 Å². The molecule has 0 spiro atoms. The van der Waals surface area contributed by atoms with Gasteiger partial charge < -0.3 is 14.6 Å². The Hall–Kier alpha value is -1.64. The molecule has 1 N–H and O–H groups in total. The molecule has 24 heavy (non-hydrogen) atoms. The molecule has 0 bridgehead atoms. The van der Waals surface area contributed by atoms with Crippen molar-refractivity contribution in [2.45, 2.75) is 44.1 Å². The Morgan fingerprint density at radius 1 is 0.958 bits per heavy atom. The molecule has 1 atom stereocenters. The Kier molecular flexibility index (Phi) is 5.69. The first-order valence-electron chi connectivity index (χ1n) is 6.97. The van der Waals surface area contributed by atoms with E-state index in [0.29, 0.717) is 12.0 Å². The maximum absolute atomic E-state index is 13.2. The van der Waals surface area contributed by atoms with Crippen molar-refractivity contribution in [1.29, 1.82) is 0 Å². The normalized spacial score (nSPS) is 14.5. The SMILES string of the molecule is CCC(C)c1cc(OC)c(C(O)(C(F)(F)F)C(F)(F)F)c(OC)c1. The Balaban J connectivity index is 3.84. The van der Waals surface area contributed by atoms with Crippen molar-refractivity contribution >= 4 is 0 Å². The molecule has 0 amide bonds. The van der Waals surface area contributed by atoms with E-state index < -0.39 is 35.0 Å². The number of hydrogen-bond acceptors (Lipinski definition) is 3. The van der Waals surface area contributed by atoms with E-state index in [-0.39, 0.29) is 5.92 Å². The average Bonchev–Trinajstić information content (AvgIpc) is 2.49. The molecule has 0 aromatic heterocycles. The minimum absolute atomic E-state index is 0.160. The highest BCUT2D eigenvalue weighted by Gasteiger charge is 2.73. The third-order valence-corrected chi connectivity index (χ3v) is 3.89. The minimum Gasteiger partial charge on any atom is -0.496 e. The van der Waals surface area contributed by atoms with E-state index in [1.165, 1.54) is 0 Å². The zero-order valence-electron chi connectivity index (χ0n) is 13.5. The quantitative estimate of drug-likeness (QED) is 0.784. The van der Waals surface area contributed by atoms with Crippen molar-refractivity contribution in [2.24, 2.45) is 0 Å². The van der Waals surface area contributed by atoms with Crippen LogP contribution in [0.4, 0.5) is 26.3 Å². The summed E-state index contributed by atoms with van der Waals surface area (Å²) in [5.41, 5.74) is -6.20. The smallest absolute Gasteiger partial charge is 0.430 e. The summed E-state index contributed by atoms with van der Waals surface area (Å²) in [6.45, 7) is 3.55. The van der Waals surface area contributed by atoms with Gasteiger partial charge in [0.1, 0.15) is 11.5 Å². The molecule has 1 unspecified atom stereocenters. The van der Waals surface area contributed by atoms with Gasteiger partial charge in [0.15, 0.2) is 0 Å². The monoisotopic (exact) mass is 360 g/mol. The molecular weight excluding hydrogens is 342 g/mol. The van der Waals surface area contributed by atoms with E-state index in [2.05, 4.69) is 0 Å². The van der Waals surface area contributed by atoms with E-state index in [1.54, 1.807) is 13.8 Å². The van der Waals surface area contributed by atoms with Gasteiger partial charge in [-0.1, -0.05) is 13.8 Å². The van der Waals surface area contributed by atoms with Gasteiger partial charge in [-0.3, -0.25) is 0 Å². The lowest BCUT2D eigenvalue weighted by Gasteiger charge is -2.34.